The summed E-state index contributed by atoms with van der Waals surface area (Å²) in [7, 11) is 0. The summed E-state index contributed by atoms with van der Waals surface area (Å²) >= 11 is 1.85. The Bertz CT molecular complexity index is 403. The van der Waals surface area contributed by atoms with Gasteiger partial charge in [0.25, 0.3) is 0 Å². The Hall–Kier alpha value is -0.160. The molecular weight excluding hydrogens is 278 g/mol. The summed E-state index contributed by atoms with van der Waals surface area (Å²) in [6, 6.07) is 0.335. The van der Waals surface area contributed by atoms with Crippen LogP contribution in [0.2, 0.25) is 0 Å². The highest BCUT2D eigenvalue weighted by Gasteiger charge is 2.33. The van der Waals surface area contributed by atoms with Gasteiger partial charge in [-0.15, -0.1) is 23.7 Å². The summed E-state index contributed by atoms with van der Waals surface area (Å²) < 4.78 is 0. The molecule has 1 saturated heterocycles. The lowest BCUT2D eigenvalue weighted by molar-refractivity contribution is 0.0906. The van der Waals surface area contributed by atoms with Crippen LogP contribution in [0, 0.1) is 5.41 Å². The van der Waals surface area contributed by atoms with E-state index in [1.165, 1.54) is 9.88 Å². The number of hydrogen-bond donors (Lipinski definition) is 1. The van der Waals surface area contributed by atoms with Crippen LogP contribution in [0.3, 0.4) is 0 Å². The molecule has 110 valence electrons. The van der Waals surface area contributed by atoms with E-state index in [0.29, 0.717) is 12.0 Å². The zero-order valence-corrected chi connectivity index (χ0v) is 14.0. The van der Waals surface area contributed by atoms with E-state index < -0.39 is 0 Å². The molecule has 2 heterocycles. The van der Waals surface area contributed by atoms with Crippen LogP contribution in [0.5, 0.6) is 0 Å². The third-order valence-corrected chi connectivity index (χ3v) is 5.12. The number of nitrogens with two attached hydrogens (primary N) is 1. The van der Waals surface area contributed by atoms with E-state index in [1.54, 1.807) is 0 Å². The van der Waals surface area contributed by atoms with Crippen molar-refractivity contribution < 1.29 is 0 Å². The van der Waals surface area contributed by atoms with Crippen molar-refractivity contribution in [3.05, 3.63) is 16.1 Å². The molecule has 1 aliphatic heterocycles. The first-order chi connectivity index (χ1) is 8.38. The van der Waals surface area contributed by atoms with Gasteiger partial charge in [0.05, 0.1) is 5.01 Å². The molecule has 1 aromatic rings. The molecule has 3 nitrogen and oxygen atoms in total. The first-order valence-corrected chi connectivity index (χ1v) is 7.62. The zero-order chi connectivity index (χ0) is 13.3. The number of likely N-dealkylation sites (tertiary alicyclic amines) is 1. The number of piperidine rings is 1. The summed E-state index contributed by atoms with van der Waals surface area (Å²) in [6.07, 6.45) is 3.14. The van der Waals surface area contributed by atoms with E-state index in [0.717, 1.165) is 26.1 Å². The lowest BCUT2D eigenvalue weighted by Gasteiger charge is -2.42. The van der Waals surface area contributed by atoms with Crippen molar-refractivity contribution in [2.24, 2.45) is 11.1 Å². The number of rotatable bonds is 3. The monoisotopic (exact) mass is 303 g/mol. The molecule has 0 bridgehead atoms. The Labute approximate surface area is 127 Å². The van der Waals surface area contributed by atoms with Crippen LogP contribution >= 0.6 is 23.7 Å². The number of halogens is 1. The third-order valence-electron chi connectivity index (χ3n) is 3.84. The van der Waals surface area contributed by atoms with Gasteiger partial charge in [0.1, 0.15) is 0 Å². The second-order valence-corrected chi connectivity index (χ2v) is 7.56. The van der Waals surface area contributed by atoms with Gasteiger partial charge in [-0.1, -0.05) is 27.7 Å². The molecule has 2 N–H and O–H groups in total. The standard InChI is InChI=1S/C14H25N3S.ClH/c1-10(2)13-16-7-11(18-13)8-17-6-5-12(15)14(3,4)9-17;/h7,10,12H,5-6,8-9,15H2,1-4H3;1H. The highest BCUT2D eigenvalue weighted by Crippen LogP contribution is 2.30. The number of hydrogen-bond acceptors (Lipinski definition) is 4. The minimum absolute atomic E-state index is 0. The van der Waals surface area contributed by atoms with Gasteiger partial charge in [-0.3, -0.25) is 4.90 Å². The van der Waals surface area contributed by atoms with Crippen LogP contribution in [0.15, 0.2) is 6.20 Å². The van der Waals surface area contributed by atoms with Gasteiger partial charge in [-0.25, -0.2) is 4.98 Å². The van der Waals surface area contributed by atoms with Crippen molar-refractivity contribution >= 4 is 23.7 Å². The Morgan fingerprint density at radius 1 is 1.53 bits per heavy atom. The normalized spacial score (nSPS) is 23.4. The Kier molecular flexibility index (Phi) is 5.80. The summed E-state index contributed by atoms with van der Waals surface area (Å²) in [5, 5.41) is 1.25. The molecule has 0 spiro atoms. The summed E-state index contributed by atoms with van der Waals surface area (Å²) in [4.78, 5) is 8.39. The summed E-state index contributed by atoms with van der Waals surface area (Å²) in [6.45, 7) is 12.2. The fourth-order valence-corrected chi connectivity index (χ4v) is 3.47. The largest absolute Gasteiger partial charge is 0.327 e. The molecule has 0 aliphatic carbocycles. The lowest BCUT2D eigenvalue weighted by Crippen LogP contribution is -2.51. The molecule has 19 heavy (non-hydrogen) atoms. The second kappa shape index (κ2) is 6.53. The number of thiazole rings is 1. The Morgan fingerprint density at radius 3 is 2.74 bits per heavy atom. The number of aromatic nitrogens is 1. The quantitative estimate of drug-likeness (QED) is 0.932. The van der Waals surface area contributed by atoms with Crippen LogP contribution in [0.4, 0.5) is 0 Å². The van der Waals surface area contributed by atoms with E-state index >= 15 is 0 Å². The van der Waals surface area contributed by atoms with Crippen molar-refractivity contribution in [1.29, 1.82) is 0 Å². The zero-order valence-electron chi connectivity index (χ0n) is 12.3. The smallest absolute Gasteiger partial charge is 0.0953 e. The minimum Gasteiger partial charge on any atom is -0.327 e. The first kappa shape index (κ1) is 16.9. The molecule has 1 unspecified atom stereocenters. The highest BCUT2D eigenvalue weighted by molar-refractivity contribution is 7.11. The van der Waals surface area contributed by atoms with Crippen LogP contribution in [0.1, 0.15) is 49.9 Å². The van der Waals surface area contributed by atoms with Gasteiger partial charge in [-0.05, 0) is 11.8 Å². The third kappa shape index (κ3) is 4.15. The van der Waals surface area contributed by atoms with Gasteiger partial charge in [-0.2, -0.15) is 0 Å². The molecule has 1 fully saturated rings. The molecule has 2 rings (SSSR count). The summed E-state index contributed by atoms with van der Waals surface area (Å²) in [5.41, 5.74) is 6.40. The van der Waals surface area contributed by atoms with E-state index in [4.69, 9.17) is 5.73 Å². The van der Waals surface area contributed by atoms with Crippen molar-refractivity contribution in [2.45, 2.75) is 52.6 Å². The maximum absolute atomic E-state index is 6.18. The lowest BCUT2D eigenvalue weighted by atomic mass is 9.80. The first-order valence-electron chi connectivity index (χ1n) is 6.81. The van der Waals surface area contributed by atoms with Crippen molar-refractivity contribution in [2.75, 3.05) is 13.1 Å². The Morgan fingerprint density at radius 2 is 2.21 bits per heavy atom. The molecule has 1 atom stereocenters. The van der Waals surface area contributed by atoms with Gasteiger partial charge in [0.2, 0.25) is 0 Å². The molecule has 0 saturated carbocycles. The van der Waals surface area contributed by atoms with Crippen molar-refractivity contribution in [3.63, 3.8) is 0 Å². The van der Waals surface area contributed by atoms with E-state index in [2.05, 4.69) is 37.6 Å². The average Bonchev–Trinajstić information content (AvgIpc) is 2.72. The van der Waals surface area contributed by atoms with Crippen LogP contribution in [-0.2, 0) is 6.54 Å². The fraction of sp³-hybridized carbons (Fsp3) is 0.786. The van der Waals surface area contributed by atoms with Crippen LogP contribution in [0.25, 0.3) is 0 Å². The minimum atomic E-state index is 0. The van der Waals surface area contributed by atoms with E-state index in [1.807, 2.05) is 17.5 Å². The topological polar surface area (TPSA) is 42.2 Å². The molecule has 0 radical (unpaired) electrons. The predicted octanol–water partition coefficient (Wildman–Crippen LogP) is 3.25. The number of nitrogens with zero attached hydrogens (tertiary/aromatic N) is 2. The van der Waals surface area contributed by atoms with Gasteiger partial charge >= 0.3 is 0 Å². The fourth-order valence-electron chi connectivity index (χ4n) is 2.50. The SMILES string of the molecule is CC(C)c1ncc(CN2CCC(N)C(C)(C)C2)s1.Cl. The summed E-state index contributed by atoms with van der Waals surface area (Å²) in [5.74, 6) is 0.537. The molecule has 5 heteroatoms. The Balaban J connectivity index is 0.00000180. The van der Waals surface area contributed by atoms with E-state index in [9.17, 15) is 0 Å². The molecular formula is C14H26ClN3S. The molecule has 1 aromatic heterocycles. The van der Waals surface area contributed by atoms with Gasteiger partial charge in [0, 0.05) is 42.7 Å². The maximum Gasteiger partial charge on any atom is 0.0953 e. The highest BCUT2D eigenvalue weighted by atomic mass is 35.5. The van der Waals surface area contributed by atoms with Crippen molar-refractivity contribution in [1.82, 2.24) is 9.88 Å². The maximum atomic E-state index is 6.18. The second-order valence-electron chi connectivity index (χ2n) is 6.41. The van der Waals surface area contributed by atoms with Crippen LogP contribution < -0.4 is 5.73 Å². The van der Waals surface area contributed by atoms with E-state index in [-0.39, 0.29) is 17.8 Å². The van der Waals surface area contributed by atoms with Gasteiger partial charge < -0.3 is 5.73 Å². The molecule has 1 aliphatic rings. The van der Waals surface area contributed by atoms with Gasteiger partial charge in [0.15, 0.2) is 0 Å². The molecule has 0 aromatic carbocycles. The van der Waals surface area contributed by atoms with Crippen molar-refractivity contribution in [3.8, 4) is 0 Å². The molecule has 0 amide bonds. The van der Waals surface area contributed by atoms with Crippen LogP contribution in [-0.4, -0.2) is 29.0 Å². The predicted molar refractivity (Wildman–Crippen MR) is 85.1 cm³/mol. The average molecular weight is 304 g/mol.